The third-order valence-corrected chi connectivity index (χ3v) is 6.49. The van der Waals surface area contributed by atoms with Crippen LogP contribution in [0.3, 0.4) is 0 Å². The Labute approximate surface area is 140 Å². The van der Waals surface area contributed by atoms with Gasteiger partial charge < -0.3 is 9.47 Å². The Morgan fingerprint density at radius 3 is 2.50 bits per heavy atom. The van der Waals surface area contributed by atoms with E-state index >= 15 is 0 Å². The van der Waals surface area contributed by atoms with Crippen molar-refractivity contribution in [3.63, 3.8) is 0 Å². The minimum atomic E-state index is -3.57. The molecule has 1 saturated heterocycles. The standard InChI is InChI=1S/C17H19FN2O3S/c18-14-5-7-15(8-6-14)24(22,23)16-4-3-11-20(12-16)17(21)13-19-9-1-2-10-19/h1-2,5-10,16H,3-4,11-13H2. The number of likely N-dealkylation sites (tertiary alicyclic amines) is 1. The van der Waals surface area contributed by atoms with Gasteiger partial charge in [0.05, 0.1) is 10.1 Å². The van der Waals surface area contributed by atoms with Crippen LogP contribution in [-0.2, 0) is 21.2 Å². The summed E-state index contributed by atoms with van der Waals surface area (Å²) in [5, 5.41) is -0.648. The largest absolute Gasteiger partial charge is 0.345 e. The third-order valence-electron chi connectivity index (χ3n) is 4.30. The molecule has 0 aliphatic carbocycles. The first-order valence-electron chi connectivity index (χ1n) is 7.85. The topological polar surface area (TPSA) is 59.4 Å². The van der Waals surface area contributed by atoms with Crippen molar-refractivity contribution in [2.45, 2.75) is 29.5 Å². The average Bonchev–Trinajstić information content (AvgIpc) is 3.08. The molecule has 1 aliphatic rings. The third kappa shape index (κ3) is 3.51. The van der Waals surface area contributed by atoms with Crippen LogP contribution in [-0.4, -0.2) is 42.1 Å². The minimum Gasteiger partial charge on any atom is -0.345 e. The fraction of sp³-hybridized carbons (Fsp3) is 0.353. The predicted molar refractivity (Wildman–Crippen MR) is 87.6 cm³/mol. The monoisotopic (exact) mass is 350 g/mol. The summed E-state index contributed by atoms with van der Waals surface area (Å²) in [6, 6.07) is 8.53. The molecule has 1 aromatic heterocycles. The number of sulfone groups is 1. The molecule has 1 amide bonds. The number of carbonyl (C=O) groups excluding carboxylic acids is 1. The number of carbonyl (C=O) groups is 1. The van der Waals surface area contributed by atoms with Crippen LogP contribution < -0.4 is 0 Å². The molecule has 0 spiro atoms. The van der Waals surface area contributed by atoms with Crippen LogP contribution in [0, 0.1) is 5.82 Å². The van der Waals surface area contributed by atoms with Crippen LogP contribution in [0.15, 0.2) is 53.7 Å². The normalized spacial score (nSPS) is 18.5. The Bertz CT molecular complexity index is 801. The van der Waals surface area contributed by atoms with Gasteiger partial charge >= 0.3 is 0 Å². The van der Waals surface area contributed by atoms with E-state index in [0.29, 0.717) is 19.4 Å². The summed E-state index contributed by atoms with van der Waals surface area (Å²) in [6.45, 7) is 0.950. The summed E-state index contributed by atoms with van der Waals surface area (Å²) in [4.78, 5) is 14.1. The van der Waals surface area contributed by atoms with Gasteiger partial charge in [-0.25, -0.2) is 12.8 Å². The van der Waals surface area contributed by atoms with E-state index in [1.165, 1.54) is 12.1 Å². The molecule has 5 nitrogen and oxygen atoms in total. The van der Waals surface area contributed by atoms with Crippen LogP contribution in [0.4, 0.5) is 4.39 Å². The summed E-state index contributed by atoms with van der Waals surface area (Å²) in [7, 11) is -3.57. The highest BCUT2D eigenvalue weighted by atomic mass is 32.2. The van der Waals surface area contributed by atoms with Gasteiger partial charge in [0.1, 0.15) is 12.4 Å². The zero-order chi connectivity index (χ0) is 17.2. The lowest BCUT2D eigenvalue weighted by molar-refractivity contribution is -0.132. The molecule has 0 N–H and O–H groups in total. The number of hydrogen-bond acceptors (Lipinski definition) is 3. The number of nitrogens with zero attached hydrogens (tertiary/aromatic N) is 2. The summed E-state index contributed by atoms with van der Waals surface area (Å²) in [5.74, 6) is -0.564. The van der Waals surface area contributed by atoms with Crippen LogP contribution in [0.5, 0.6) is 0 Å². The number of aromatic nitrogens is 1. The number of hydrogen-bond donors (Lipinski definition) is 0. The molecule has 128 valence electrons. The van der Waals surface area contributed by atoms with Gasteiger partial charge in [-0.3, -0.25) is 4.79 Å². The number of amides is 1. The molecule has 7 heteroatoms. The highest BCUT2D eigenvalue weighted by molar-refractivity contribution is 7.92. The van der Waals surface area contributed by atoms with Crippen molar-refractivity contribution in [1.29, 1.82) is 0 Å². The van der Waals surface area contributed by atoms with Crippen molar-refractivity contribution >= 4 is 15.7 Å². The highest BCUT2D eigenvalue weighted by Crippen LogP contribution is 2.24. The second kappa shape index (κ2) is 6.76. The van der Waals surface area contributed by atoms with Crippen molar-refractivity contribution in [2.75, 3.05) is 13.1 Å². The quantitative estimate of drug-likeness (QED) is 0.794. The number of rotatable bonds is 4. The van der Waals surface area contributed by atoms with Gasteiger partial charge in [-0.2, -0.15) is 0 Å². The summed E-state index contributed by atoms with van der Waals surface area (Å²) in [6.07, 6.45) is 4.75. The zero-order valence-corrected chi connectivity index (χ0v) is 14.0. The van der Waals surface area contributed by atoms with Gasteiger partial charge in [0.2, 0.25) is 5.91 Å². The Hall–Kier alpha value is -2.15. The molecule has 1 aliphatic heterocycles. The SMILES string of the molecule is O=C(Cn1cccc1)N1CCCC(S(=O)(=O)c2ccc(F)cc2)C1. The molecule has 0 bridgehead atoms. The van der Waals surface area contributed by atoms with E-state index in [1.807, 2.05) is 12.1 Å². The lowest BCUT2D eigenvalue weighted by Crippen LogP contribution is -2.46. The summed E-state index contributed by atoms with van der Waals surface area (Å²) < 4.78 is 40.2. The average molecular weight is 350 g/mol. The molecule has 0 saturated carbocycles. The van der Waals surface area contributed by atoms with E-state index in [9.17, 15) is 17.6 Å². The maximum Gasteiger partial charge on any atom is 0.242 e. The lowest BCUT2D eigenvalue weighted by Gasteiger charge is -2.32. The number of piperidine rings is 1. The molecule has 1 fully saturated rings. The van der Waals surface area contributed by atoms with E-state index < -0.39 is 20.9 Å². The smallest absolute Gasteiger partial charge is 0.242 e. The van der Waals surface area contributed by atoms with Crippen molar-refractivity contribution in [1.82, 2.24) is 9.47 Å². The Morgan fingerprint density at radius 1 is 1.17 bits per heavy atom. The molecule has 1 atom stereocenters. The minimum absolute atomic E-state index is 0.0924. The molecule has 0 radical (unpaired) electrons. The van der Waals surface area contributed by atoms with Crippen molar-refractivity contribution in [3.05, 3.63) is 54.6 Å². The second-order valence-corrected chi connectivity index (χ2v) is 8.19. The van der Waals surface area contributed by atoms with Gasteiger partial charge in [-0.1, -0.05) is 0 Å². The number of halogens is 1. The lowest BCUT2D eigenvalue weighted by atomic mass is 10.1. The van der Waals surface area contributed by atoms with Crippen molar-refractivity contribution < 1.29 is 17.6 Å². The molecule has 3 rings (SSSR count). The molecular formula is C17H19FN2O3S. The van der Waals surface area contributed by atoms with E-state index in [4.69, 9.17) is 0 Å². The van der Waals surface area contributed by atoms with E-state index in [2.05, 4.69) is 0 Å². The van der Waals surface area contributed by atoms with Crippen LogP contribution in [0.25, 0.3) is 0 Å². The Balaban J connectivity index is 1.72. The van der Waals surface area contributed by atoms with Crippen LogP contribution >= 0.6 is 0 Å². The number of benzene rings is 1. The molecule has 1 aromatic carbocycles. The van der Waals surface area contributed by atoms with Gasteiger partial charge in [0.25, 0.3) is 0 Å². The van der Waals surface area contributed by atoms with E-state index in [0.717, 1.165) is 12.1 Å². The maximum atomic E-state index is 13.0. The van der Waals surface area contributed by atoms with Gasteiger partial charge in [-0.15, -0.1) is 0 Å². The summed E-state index contributed by atoms with van der Waals surface area (Å²) in [5.41, 5.74) is 0. The fourth-order valence-corrected chi connectivity index (χ4v) is 4.72. The molecule has 24 heavy (non-hydrogen) atoms. The molecule has 2 aromatic rings. The van der Waals surface area contributed by atoms with E-state index in [1.54, 1.807) is 21.9 Å². The zero-order valence-electron chi connectivity index (χ0n) is 13.1. The van der Waals surface area contributed by atoms with Gasteiger partial charge in [0.15, 0.2) is 9.84 Å². The Kier molecular flexibility index (Phi) is 4.71. The first-order chi connectivity index (χ1) is 11.5. The maximum absolute atomic E-state index is 13.0. The Morgan fingerprint density at radius 2 is 1.83 bits per heavy atom. The first kappa shape index (κ1) is 16.7. The van der Waals surface area contributed by atoms with Crippen molar-refractivity contribution in [3.8, 4) is 0 Å². The highest BCUT2D eigenvalue weighted by Gasteiger charge is 2.33. The first-order valence-corrected chi connectivity index (χ1v) is 9.39. The summed E-state index contributed by atoms with van der Waals surface area (Å²) >= 11 is 0. The van der Waals surface area contributed by atoms with E-state index in [-0.39, 0.29) is 23.9 Å². The molecule has 1 unspecified atom stereocenters. The fourth-order valence-electron chi connectivity index (χ4n) is 2.97. The van der Waals surface area contributed by atoms with Crippen LogP contribution in [0.1, 0.15) is 12.8 Å². The van der Waals surface area contributed by atoms with Gasteiger partial charge in [-0.05, 0) is 49.2 Å². The second-order valence-electron chi connectivity index (χ2n) is 5.96. The molecular weight excluding hydrogens is 331 g/mol. The van der Waals surface area contributed by atoms with Crippen LogP contribution in [0.2, 0.25) is 0 Å². The predicted octanol–water partition coefficient (Wildman–Crippen LogP) is 2.09. The molecule has 2 heterocycles. The van der Waals surface area contributed by atoms with Gasteiger partial charge in [0, 0.05) is 25.5 Å². The van der Waals surface area contributed by atoms with Crippen molar-refractivity contribution in [2.24, 2.45) is 0 Å².